The van der Waals surface area contributed by atoms with E-state index in [1.807, 2.05) is 6.07 Å². The summed E-state index contributed by atoms with van der Waals surface area (Å²) in [5.74, 6) is -1.00. The van der Waals surface area contributed by atoms with Gasteiger partial charge in [0.1, 0.15) is 0 Å². The van der Waals surface area contributed by atoms with Crippen LogP contribution in [0.1, 0.15) is 50.4 Å². The molecule has 1 heterocycles. The summed E-state index contributed by atoms with van der Waals surface area (Å²) < 4.78 is 0.863. The fourth-order valence-electron chi connectivity index (χ4n) is 2.50. The van der Waals surface area contributed by atoms with Gasteiger partial charge in [0.15, 0.2) is 0 Å². The molecule has 1 aliphatic heterocycles. The Morgan fingerprint density at radius 2 is 2.00 bits per heavy atom. The second-order valence-corrected chi connectivity index (χ2v) is 6.29. The standard InChI is InChI=1S/C16H21BrN2O2/c1-4-6-7-19(10(3)5-2)14-9-13-11(8-12(14)17)15(20)16(21)18-13/h8-10H,4-7H2,1-3H3,(H,18,20,21). The maximum atomic E-state index is 11.7. The van der Waals surface area contributed by atoms with Gasteiger partial charge in [-0.2, -0.15) is 0 Å². The van der Waals surface area contributed by atoms with Crippen molar-refractivity contribution in [1.29, 1.82) is 0 Å². The first-order valence-electron chi connectivity index (χ1n) is 7.45. The van der Waals surface area contributed by atoms with Crippen LogP contribution in [0.25, 0.3) is 0 Å². The molecule has 0 spiro atoms. The predicted molar refractivity (Wildman–Crippen MR) is 89.1 cm³/mol. The summed E-state index contributed by atoms with van der Waals surface area (Å²) in [6, 6.07) is 4.06. The molecule has 4 nitrogen and oxygen atoms in total. The van der Waals surface area contributed by atoms with E-state index in [2.05, 4.69) is 46.9 Å². The Morgan fingerprint density at radius 3 is 2.62 bits per heavy atom. The van der Waals surface area contributed by atoms with Gasteiger partial charge in [0.2, 0.25) is 0 Å². The van der Waals surface area contributed by atoms with Gasteiger partial charge < -0.3 is 10.2 Å². The molecule has 2 rings (SSSR count). The summed E-state index contributed by atoms with van der Waals surface area (Å²) in [4.78, 5) is 25.6. The van der Waals surface area contributed by atoms with Crippen molar-refractivity contribution in [3.05, 3.63) is 22.2 Å². The van der Waals surface area contributed by atoms with Gasteiger partial charge >= 0.3 is 0 Å². The SMILES string of the molecule is CCCCN(c1cc2c(cc1Br)C(=O)C(=O)N2)C(C)CC. The molecule has 0 saturated carbocycles. The topological polar surface area (TPSA) is 49.4 Å². The van der Waals surface area contributed by atoms with Gasteiger partial charge in [0, 0.05) is 17.1 Å². The number of rotatable bonds is 6. The number of ketones is 1. The molecule has 1 N–H and O–H groups in total. The number of carbonyl (C=O) groups excluding carboxylic acids is 2. The molecule has 114 valence electrons. The third-order valence-corrected chi connectivity index (χ3v) is 4.61. The maximum Gasteiger partial charge on any atom is 0.296 e. The molecule has 1 atom stereocenters. The molecule has 1 aromatic rings. The third kappa shape index (κ3) is 3.12. The van der Waals surface area contributed by atoms with Gasteiger partial charge in [0.25, 0.3) is 11.7 Å². The van der Waals surface area contributed by atoms with E-state index in [0.717, 1.165) is 36.0 Å². The van der Waals surface area contributed by atoms with E-state index in [-0.39, 0.29) is 0 Å². The van der Waals surface area contributed by atoms with Crippen LogP contribution in [0.4, 0.5) is 11.4 Å². The quantitative estimate of drug-likeness (QED) is 0.787. The highest BCUT2D eigenvalue weighted by molar-refractivity contribution is 9.10. The number of amides is 1. The van der Waals surface area contributed by atoms with E-state index in [1.54, 1.807) is 6.07 Å². The minimum Gasteiger partial charge on any atom is -0.368 e. The van der Waals surface area contributed by atoms with E-state index in [1.165, 1.54) is 0 Å². The Kier molecular flexibility index (Phi) is 5.04. The molecule has 21 heavy (non-hydrogen) atoms. The van der Waals surface area contributed by atoms with Crippen molar-refractivity contribution in [2.75, 3.05) is 16.8 Å². The lowest BCUT2D eigenvalue weighted by molar-refractivity contribution is -0.112. The van der Waals surface area contributed by atoms with Crippen molar-refractivity contribution in [3.63, 3.8) is 0 Å². The second kappa shape index (κ2) is 6.60. The van der Waals surface area contributed by atoms with Crippen molar-refractivity contribution >= 4 is 39.0 Å². The van der Waals surface area contributed by atoms with Gasteiger partial charge in [0.05, 0.1) is 16.9 Å². The zero-order valence-corrected chi connectivity index (χ0v) is 14.3. The van der Waals surface area contributed by atoms with Crippen LogP contribution in [0.15, 0.2) is 16.6 Å². The second-order valence-electron chi connectivity index (χ2n) is 5.44. The summed E-state index contributed by atoms with van der Waals surface area (Å²) in [6.07, 6.45) is 3.28. The molecule has 5 heteroatoms. The van der Waals surface area contributed by atoms with Crippen molar-refractivity contribution < 1.29 is 9.59 Å². The smallest absolute Gasteiger partial charge is 0.296 e. The molecule has 1 amide bonds. The summed E-state index contributed by atoms with van der Waals surface area (Å²) in [5, 5.41) is 2.65. The number of unbranched alkanes of at least 4 members (excludes halogenated alkanes) is 1. The van der Waals surface area contributed by atoms with Gasteiger partial charge in [-0.25, -0.2) is 0 Å². The number of Topliss-reactive ketones (excluding diaryl/α,β-unsaturated/α-hetero) is 1. The summed E-state index contributed by atoms with van der Waals surface area (Å²) in [6.45, 7) is 7.49. The number of hydrogen-bond acceptors (Lipinski definition) is 3. The Morgan fingerprint density at radius 1 is 1.29 bits per heavy atom. The molecular formula is C16H21BrN2O2. The first-order valence-corrected chi connectivity index (χ1v) is 8.24. The Labute approximate surface area is 134 Å². The molecule has 0 aliphatic carbocycles. The van der Waals surface area contributed by atoms with Gasteiger partial charge in [-0.3, -0.25) is 9.59 Å². The number of carbonyl (C=O) groups is 2. The average Bonchev–Trinajstić information content (AvgIpc) is 2.74. The van der Waals surface area contributed by atoms with Crippen molar-refractivity contribution in [2.45, 2.75) is 46.1 Å². The number of nitrogens with one attached hydrogen (secondary N) is 1. The molecule has 0 aromatic heterocycles. The first kappa shape index (κ1) is 16.0. The lowest BCUT2D eigenvalue weighted by Gasteiger charge is -2.32. The maximum absolute atomic E-state index is 11.7. The fourth-order valence-corrected chi connectivity index (χ4v) is 3.07. The molecule has 1 aromatic carbocycles. The normalized spacial score (nSPS) is 14.9. The Hall–Kier alpha value is -1.36. The Balaban J connectivity index is 2.40. The fraction of sp³-hybridized carbons (Fsp3) is 0.500. The van der Waals surface area contributed by atoms with Gasteiger partial charge in [-0.15, -0.1) is 0 Å². The highest BCUT2D eigenvalue weighted by atomic mass is 79.9. The van der Waals surface area contributed by atoms with Crippen LogP contribution in [0, 0.1) is 0 Å². The number of fused-ring (bicyclic) bond motifs is 1. The zero-order chi connectivity index (χ0) is 15.6. The van der Waals surface area contributed by atoms with Crippen LogP contribution in [0.3, 0.4) is 0 Å². The summed E-state index contributed by atoms with van der Waals surface area (Å²) in [5.41, 5.74) is 2.11. The molecule has 0 radical (unpaired) electrons. The summed E-state index contributed by atoms with van der Waals surface area (Å²) in [7, 11) is 0. The molecule has 1 aliphatic rings. The van der Waals surface area contributed by atoms with Crippen LogP contribution in [-0.2, 0) is 4.79 Å². The minimum atomic E-state index is -0.544. The minimum absolute atomic E-state index is 0.402. The predicted octanol–water partition coefficient (Wildman–Crippen LogP) is 3.99. The van der Waals surface area contributed by atoms with Crippen LogP contribution in [0.5, 0.6) is 0 Å². The van der Waals surface area contributed by atoms with E-state index >= 15 is 0 Å². The number of hydrogen-bond donors (Lipinski definition) is 1. The number of halogens is 1. The van der Waals surface area contributed by atoms with E-state index < -0.39 is 11.7 Å². The number of benzene rings is 1. The van der Waals surface area contributed by atoms with E-state index in [9.17, 15) is 9.59 Å². The lowest BCUT2D eigenvalue weighted by atomic mass is 10.1. The van der Waals surface area contributed by atoms with E-state index in [0.29, 0.717) is 17.3 Å². The van der Waals surface area contributed by atoms with Crippen molar-refractivity contribution in [1.82, 2.24) is 0 Å². The lowest BCUT2D eigenvalue weighted by Crippen LogP contribution is -2.33. The molecule has 1 unspecified atom stereocenters. The highest BCUT2D eigenvalue weighted by Crippen LogP contribution is 2.36. The molecule has 0 bridgehead atoms. The molecule has 0 fully saturated rings. The summed E-state index contributed by atoms with van der Waals surface area (Å²) >= 11 is 3.55. The first-order chi connectivity index (χ1) is 9.99. The van der Waals surface area contributed by atoms with Crippen LogP contribution >= 0.6 is 15.9 Å². The van der Waals surface area contributed by atoms with Gasteiger partial charge in [-0.1, -0.05) is 20.3 Å². The molecular weight excluding hydrogens is 332 g/mol. The molecule has 0 saturated heterocycles. The average molecular weight is 353 g/mol. The van der Waals surface area contributed by atoms with Crippen molar-refractivity contribution in [3.8, 4) is 0 Å². The van der Waals surface area contributed by atoms with Crippen LogP contribution in [-0.4, -0.2) is 24.3 Å². The monoisotopic (exact) mass is 352 g/mol. The van der Waals surface area contributed by atoms with Crippen LogP contribution < -0.4 is 10.2 Å². The van der Waals surface area contributed by atoms with Gasteiger partial charge in [-0.05, 0) is 47.8 Å². The zero-order valence-electron chi connectivity index (χ0n) is 12.7. The third-order valence-electron chi connectivity index (χ3n) is 3.97. The largest absolute Gasteiger partial charge is 0.368 e. The van der Waals surface area contributed by atoms with Crippen LogP contribution in [0.2, 0.25) is 0 Å². The van der Waals surface area contributed by atoms with Crippen molar-refractivity contribution in [2.24, 2.45) is 0 Å². The Bertz CT molecular complexity index is 572. The number of anilines is 2. The number of nitrogens with zero attached hydrogens (tertiary/aromatic N) is 1. The highest BCUT2D eigenvalue weighted by Gasteiger charge is 2.30. The van der Waals surface area contributed by atoms with E-state index in [4.69, 9.17) is 0 Å².